The second-order valence-electron chi connectivity index (χ2n) is 9.93. The summed E-state index contributed by atoms with van der Waals surface area (Å²) >= 11 is 0. The average Bonchev–Trinajstić information content (AvgIpc) is 3.42. The highest BCUT2D eigenvalue weighted by Gasteiger charge is 2.47. The van der Waals surface area contributed by atoms with Crippen molar-refractivity contribution in [2.45, 2.75) is 43.4 Å². The SMILES string of the molecule is C[C@H]1COCCN1c1cc(C2(S(C)(=O)=O)CCCC2)nc(-c2ccc(NC(=O)Oc3ccccc3)cc2)n1. The second-order valence-corrected chi connectivity index (χ2v) is 12.3. The van der Waals surface area contributed by atoms with E-state index >= 15 is 0 Å². The summed E-state index contributed by atoms with van der Waals surface area (Å²) in [5.74, 6) is 1.59. The first-order valence-electron chi connectivity index (χ1n) is 12.8. The first-order chi connectivity index (χ1) is 18.2. The third-order valence-corrected chi connectivity index (χ3v) is 9.34. The minimum atomic E-state index is -3.42. The monoisotopic (exact) mass is 536 g/mol. The number of morpholine rings is 1. The molecule has 1 aromatic heterocycles. The van der Waals surface area contributed by atoms with E-state index in [1.807, 2.05) is 24.3 Å². The van der Waals surface area contributed by atoms with E-state index in [2.05, 4.69) is 17.1 Å². The molecule has 1 amide bonds. The van der Waals surface area contributed by atoms with Gasteiger partial charge in [-0.15, -0.1) is 0 Å². The van der Waals surface area contributed by atoms with Crippen LogP contribution in [0.3, 0.4) is 0 Å². The second kappa shape index (κ2) is 10.7. The fourth-order valence-corrected chi connectivity index (χ4v) is 6.73. The van der Waals surface area contributed by atoms with Crippen molar-refractivity contribution in [3.8, 4) is 17.1 Å². The summed E-state index contributed by atoms with van der Waals surface area (Å²) < 4.78 is 36.1. The van der Waals surface area contributed by atoms with E-state index in [0.29, 0.717) is 61.4 Å². The van der Waals surface area contributed by atoms with Gasteiger partial charge in [0.05, 0.1) is 24.9 Å². The van der Waals surface area contributed by atoms with E-state index in [1.54, 1.807) is 36.4 Å². The summed E-state index contributed by atoms with van der Waals surface area (Å²) in [6.07, 6.45) is 3.50. The number of aromatic nitrogens is 2. The van der Waals surface area contributed by atoms with Gasteiger partial charge in [-0.3, -0.25) is 5.32 Å². The molecular formula is C28H32N4O5S. The predicted molar refractivity (Wildman–Crippen MR) is 146 cm³/mol. The molecule has 10 heteroatoms. The number of carbonyl (C=O) groups is 1. The summed E-state index contributed by atoms with van der Waals surface area (Å²) in [5, 5.41) is 2.72. The van der Waals surface area contributed by atoms with Gasteiger partial charge in [-0.05, 0) is 56.2 Å². The lowest BCUT2D eigenvalue weighted by Crippen LogP contribution is -2.44. The number of nitrogens with zero attached hydrogens (tertiary/aromatic N) is 3. The van der Waals surface area contributed by atoms with Gasteiger partial charge in [-0.1, -0.05) is 31.0 Å². The van der Waals surface area contributed by atoms with Crippen LogP contribution in [0, 0.1) is 0 Å². The third kappa shape index (κ3) is 5.37. The number of hydrogen-bond acceptors (Lipinski definition) is 8. The van der Waals surface area contributed by atoms with E-state index in [-0.39, 0.29) is 6.04 Å². The number of para-hydroxylation sites is 1. The Balaban J connectivity index is 1.47. The van der Waals surface area contributed by atoms with Crippen LogP contribution in [0.25, 0.3) is 11.4 Å². The van der Waals surface area contributed by atoms with Crippen LogP contribution in [0.15, 0.2) is 60.7 Å². The van der Waals surface area contributed by atoms with Gasteiger partial charge in [0.15, 0.2) is 15.7 Å². The van der Waals surface area contributed by atoms with Crippen LogP contribution in [-0.2, 0) is 19.3 Å². The van der Waals surface area contributed by atoms with Gasteiger partial charge in [0, 0.05) is 30.1 Å². The Morgan fingerprint density at radius 3 is 2.45 bits per heavy atom. The summed E-state index contributed by atoms with van der Waals surface area (Å²) in [4.78, 5) is 24.1. The van der Waals surface area contributed by atoms with Gasteiger partial charge in [-0.2, -0.15) is 0 Å². The number of amides is 1. The minimum absolute atomic E-state index is 0.0966. The highest BCUT2D eigenvalue weighted by Crippen LogP contribution is 2.45. The zero-order valence-electron chi connectivity index (χ0n) is 21.6. The number of carbonyl (C=O) groups excluding carboxylic acids is 1. The molecule has 1 aliphatic heterocycles. The summed E-state index contributed by atoms with van der Waals surface area (Å²) in [6, 6.07) is 17.9. The Morgan fingerprint density at radius 2 is 1.79 bits per heavy atom. The van der Waals surface area contributed by atoms with Crippen molar-refractivity contribution in [2.75, 3.05) is 36.2 Å². The van der Waals surface area contributed by atoms with Gasteiger partial charge in [0.25, 0.3) is 0 Å². The highest BCUT2D eigenvalue weighted by molar-refractivity contribution is 7.91. The van der Waals surface area contributed by atoms with Crippen LogP contribution in [0.5, 0.6) is 5.75 Å². The first-order valence-corrected chi connectivity index (χ1v) is 14.7. The number of rotatable bonds is 6. The van der Waals surface area contributed by atoms with Crippen LogP contribution in [-0.4, -0.2) is 56.5 Å². The van der Waals surface area contributed by atoms with Gasteiger partial charge in [0.2, 0.25) is 0 Å². The lowest BCUT2D eigenvalue weighted by molar-refractivity contribution is 0.0985. The Bertz CT molecular complexity index is 1390. The summed E-state index contributed by atoms with van der Waals surface area (Å²) in [5.41, 5.74) is 1.82. The molecule has 2 aromatic carbocycles. The fraction of sp³-hybridized carbons (Fsp3) is 0.393. The van der Waals surface area contributed by atoms with Crippen molar-refractivity contribution in [3.05, 3.63) is 66.4 Å². The molecule has 1 N–H and O–H groups in total. The highest BCUT2D eigenvalue weighted by atomic mass is 32.2. The fourth-order valence-electron chi connectivity index (χ4n) is 5.22. The van der Waals surface area contributed by atoms with Crippen molar-refractivity contribution in [1.82, 2.24) is 9.97 Å². The predicted octanol–water partition coefficient (Wildman–Crippen LogP) is 4.79. The molecule has 1 atom stereocenters. The maximum absolute atomic E-state index is 13.1. The smallest absolute Gasteiger partial charge is 0.410 e. The molecule has 0 spiro atoms. The number of ether oxygens (including phenoxy) is 2. The quantitative estimate of drug-likeness (QED) is 0.479. The van der Waals surface area contributed by atoms with Gasteiger partial charge in [-0.25, -0.2) is 23.2 Å². The average molecular weight is 537 g/mol. The number of anilines is 2. The Morgan fingerprint density at radius 1 is 1.08 bits per heavy atom. The molecule has 5 rings (SSSR count). The number of hydrogen-bond donors (Lipinski definition) is 1. The molecule has 1 saturated carbocycles. The van der Waals surface area contributed by atoms with Crippen molar-refractivity contribution in [2.24, 2.45) is 0 Å². The maximum Gasteiger partial charge on any atom is 0.417 e. The molecular weight excluding hydrogens is 504 g/mol. The molecule has 3 aromatic rings. The van der Waals surface area contributed by atoms with E-state index in [1.165, 1.54) is 6.26 Å². The maximum atomic E-state index is 13.1. The molecule has 200 valence electrons. The molecule has 0 unspecified atom stereocenters. The molecule has 2 heterocycles. The summed E-state index contributed by atoms with van der Waals surface area (Å²) in [6.45, 7) is 3.88. The molecule has 38 heavy (non-hydrogen) atoms. The van der Waals surface area contributed by atoms with Crippen LogP contribution in [0.1, 0.15) is 38.3 Å². The molecule has 2 fully saturated rings. The topological polar surface area (TPSA) is 111 Å². The lowest BCUT2D eigenvalue weighted by atomic mass is 10.0. The van der Waals surface area contributed by atoms with E-state index < -0.39 is 20.7 Å². The molecule has 2 aliphatic rings. The molecule has 0 radical (unpaired) electrons. The van der Waals surface area contributed by atoms with E-state index in [0.717, 1.165) is 18.4 Å². The summed E-state index contributed by atoms with van der Waals surface area (Å²) in [7, 11) is -3.42. The normalized spacial score (nSPS) is 19.2. The van der Waals surface area contributed by atoms with Crippen LogP contribution < -0.4 is 15.0 Å². The van der Waals surface area contributed by atoms with E-state index in [4.69, 9.17) is 19.4 Å². The Hall–Kier alpha value is -3.50. The molecule has 1 saturated heterocycles. The van der Waals surface area contributed by atoms with Crippen LogP contribution in [0.2, 0.25) is 0 Å². The standard InChI is InChI=1S/C28H32N4O5S/c1-20-19-36-17-16-32(20)25-18-24(28(38(2,34)35)14-6-7-15-28)30-26(31-25)21-10-12-22(13-11-21)29-27(33)37-23-8-4-3-5-9-23/h3-5,8-13,18,20H,6-7,14-17,19H2,1-2H3,(H,29,33)/t20-/m0/s1. The number of nitrogens with one attached hydrogen (secondary N) is 1. The largest absolute Gasteiger partial charge is 0.417 e. The third-order valence-electron chi connectivity index (χ3n) is 7.31. The molecule has 1 aliphatic carbocycles. The van der Waals surface area contributed by atoms with Crippen LogP contribution >= 0.6 is 0 Å². The van der Waals surface area contributed by atoms with Gasteiger partial charge < -0.3 is 14.4 Å². The van der Waals surface area contributed by atoms with Gasteiger partial charge in [0.1, 0.15) is 16.3 Å². The van der Waals surface area contributed by atoms with Gasteiger partial charge >= 0.3 is 6.09 Å². The first kappa shape index (κ1) is 26.1. The zero-order valence-corrected chi connectivity index (χ0v) is 22.4. The number of sulfone groups is 1. The number of benzene rings is 2. The minimum Gasteiger partial charge on any atom is -0.410 e. The Labute approximate surface area is 223 Å². The zero-order chi connectivity index (χ0) is 26.8. The van der Waals surface area contributed by atoms with E-state index in [9.17, 15) is 13.2 Å². The van der Waals surface area contributed by atoms with Crippen molar-refractivity contribution >= 4 is 27.4 Å². The van der Waals surface area contributed by atoms with Crippen LogP contribution in [0.4, 0.5) is 16.3 Å². The molecule has 9 nitrogen and oxygen atoms in total. The van der Waals surface area contributed by atoms with Crippen molar-refractivity contribution < 1.29 is 22.7 Å². The lowest BCUT2D eigenvalue weighted by Gasteiger charge is -2.35. The Kier molecular flexibility index (Phi) is 7.36. The molecule has 0 bridgehead atoms. The van der Waals surface area contributed by atoms with Crippen molar-refractivity contribution in [3.63, 3.8) is 0 Å². The van der Waals surface area contributed by atoms with Crippen molar-refractivity contribution in [1.29, 1.82) is 0 Å².